The largest absolute Gasteiger partial charge is 0.408 e. The second kappa shape index (κ2) is 7.36. The highest BCUT2D eigenvalue weighted by Gasteiger charge is 2.47. The molecular formula is C20H35ClO2Si2. The van der Waals surface area contributed by atoms with Crippen LogP contribution in [0.5, 0.6) is 0 Å². The van der Waals surface area contributed by atoms with Gasteiger partial charge < -0.3 is 8.85 Å². The van der Waals surface area contributed by atoms with E-state index in [1.165, 1.54) is 0 Å². The van der Waals surface area contributed by atoms with E-state index in [1.54, 1.807) is 6.08 Å². The van der Waals surface area contributed by atoms with Gasteiger partial charge in [0.2, 0.25) is 0 Å². The van der Waals surface area contributed by atoms with Gasteiger partial charge in [0.1, 0.15) is 6.10 Å². The van der Waals surface area contributed by atoms with Crippen LogP contribution in [0.15, 0.2) is 22.8 Å². The summed E-state index contributed by atoms with van der Waals surface area (Å²) in [5.41, 5.74) is 0.873. The van der Waals surface area contributed by atoms with Crippen LogP contribution < -0.4 is 0 Å². The minimum Gasteiger partial charge on any atom is -0.408 e. The smallest absolute Gasteiger partial charge is 0.193 e. The van der Waals surface area contributed by atoms with Crippen molar-refractivity contribution in [1.29, 1.82) is 0 Å². The summed E-state index contributed by atoms with van der Waals surface area (Å²) in [6.07, 6.45) is 8.84. The predicted molar refractivity (Wildman–Crippen MR) is 115 cm³/mol. The minimum atomic E-state index is -2.00. The number of hydrogen-bond acceptors (Lipinski definition) is 2. The van der Waals surface area contributed by atoms with Crippen LogP contribution in [0.1, 0.15) is 41.5 Å². The van der Waals surface area contributed by atoms with Gasteiger partial charge in [0, 0.05) is 10.6 Å². The van der Waals surface area contributed by atoms with Gasteiger partial charge in [-0.05, 0) is 48.4 Å². The summed E-state index contributed by atoms with van der Waals surface area (Å²) in [7, 11) is -3.96. The molecular weight excluding hydrogens is 364 g/mol. The highest BCUT2D eigenvalue weighted by Crippen LogP contribution is 2.44. The normalized spacial score (nSPS) is 24.4. The zero-order valence-corrected chi connectivity index (χ0v) is 20.3. The van der Waals surface area contributed by atoms with Gasteiger partial charge in [0.25, 0.3) is 0 Å². The molecule has 1 aliphatic rings. The van der Waals surface area contributed by atoms with Crippen molar-refractivity contribution in [2.45, 2.75) is 90.0 Å². The molecule has 0 saturated heterocycles. The SMILES string of the molecule is C#C/C=C1\C(Cl)=C[C@@H](O[Si](C)(C)C(C)(C)C)[C@@H]1O[Si](C)(C)C(C)(C)C. The summed E-state index contributed by atoms with van der Waals surface area (Å²) < 4.78 is 13.4. The summed E-state index contributed by atoms with van der Waals surface area (Å²) in [6.45, 7) is 22.4. The van der Waals surface area contributed by atoms with E-state index in [4.69, 9.17) is 26.9 Å². The Morgan fingerprint density at radius 1 is 1.00 bits per heavy atom. The molecule has 5 heteroatoms. The Kier molecular flexibility index (Phi) is 6.69. The molecule has 1 aliphatic carbocycles. The lowest BCUT2D eigenvalue weighted by Crippen LogP contribution is -2.50. The van der Waals surface area contributed by atoms with Crippen molar-refractivity contribution in [1.82, 2.24) is 0 Å². The van der Waals surface area contributed by atoms with Gasteiger partial charge in [0.05, 0.1) is 6.10 Å². The van der Waals surface area contributed by atoms with Crippen LogP contribution in [0.25, 0.3) is 0 Å². The van der Waals surface area contributed by atoms with E-state index in [0.29, 0.717) is 5.03 Å². The van der Waals surface area contributed by atoms with Crippen molar-refractivity contribution >= 4 is 28.2 Å². The van der Waals surface area contributed by atoms with Gasteiger partial charge in [-0.2, -0.15) is 0 Å². The van der Waals surface area contributed by atoms with Gasteiger partial charge in [-0.1, -0.05) is 59.1 Å². The molecule has 0 aliphatic heterocycles. The van der Waals surface area contributed by atoms with Gasteiger partial charge in [0.15, 0.2) is 16.6 Å². The number of hydrogen-bond donors (Lipinski definition) is 0. The Morgan fingerprint density at radius 3 is 1.84 bits per heavy atom. The molecule has 0 saturated carbocycles. The molecule has 0 aromatic rings. The van der Waals surface area contributed by atoms with Crippen molar-refractivity contribution in [2.24, 2.45) is 0 Å². The molecule has 0 N–H and O–H groups in total. The number of rotatable bonds is 4. The highest BCUT2D eigenvalue weighted by molar-refractivity contribution is 6.74. The van der Waals surface area contributed by atoms with Crippen LogP contribution in [0.4, 0.5) is 0 Å². The first-order chi connectivity index (χ1) is 11.0. The van der Waals surface area contributed by atoms with E-state index in [2.05, 4.69) is 73.7 Å². The second-order valence-electron chi connectivity index (χ2n) is 9.92. The third-order valence-electron chi connectivity index (χ3n) is 5.89. The fourth-order valence-corrected chi connectivity index (χ4v) is 4.88. The fraction of sp³-hybridized carbons (Fsp3) is 0.700. The van der Waals surface area contributed by atoms with Gasteiger partial charge in [-0.15, -0.1) is 6.42 Å². The van der Waals surface area contributed by atoms with E-state index in [9.17, 15) is 0 Å². The summed E-state index contributed by atoms with van der Waals surface area (Å²) in [4.78, 5) is 0. The molecule has 1 rings (SSSR count). The quantitative estimate of drug-likeness (QED) is 0.399. The van der Waals surface area contributed by atoms with Crippen molar-refractivity contribution in [3.63, 3.8) is 0 Å². The molecule has 0 bridgehead atoms. The van der Waals surface area contributed by atoms with Gasteiger partial charge in [-0.25, -0.2) is 0 Å². The molecule has 0 aromatic carbocycles. The summed E-state index contributed by atoms with van der Waals surface area (Å²) in [6, 6.07) is 0. The molecule has 0 fully saturated rings. The topological polar surface area (TPSA) is 18.5 Å². The standard InChI is InChI=1S/C20H35ClO2Si2/c1-12-13-15-16(21)14-17(22-24(8,9)19(2,3)4)18(15)23-25(10,11)20(5,6)7/h1,13-14,17-18H,2-11H3/b15-13+/t17-,18-/m1/s1. The maximum Gasteiger partial charge on any atom is 0.193 e. The fourth-order valence-electron chi connectivity index (χ4n) is 2.12. The van der Waals surface area contributed by atoms with Crippen molar-refractivity contribution < 1.29 is 8.85 Å². The van der Waals surface area contributed by atoms with E-state index in [1.807, 2.05) is 6.08 Å². The third-order valence-corrected chi connectivity index (χ3v) is 15.2. The van der Waals surface area contributed by atoms with Crippen molar-refractivity contribution in [3.8, 4) is 12.3 Å². The highest BCUT2D eigenvalue weighted by atomic mass is 35.5. The average Bonchev–Trinajstić information content (AvgIpc) is 2.63. The second-order valence-corrected chi connectivity index (χ2v) is 19.8. The summed E-state index contributed by atoms with van der Waals surface area (Å²) in [5, 5.41) is 0.878. The van der Waals surface area contributed by atoms with Crippen LogP contribution in [-0.4, -0.2) is 28.8 Å². The van der Waals surface area contributed by atoms with Crippen LogP contribution >= 0.6 is 11.6 Å². The molecule has 0 amide bonds. The van der Waals surface area contributed by atoms with Crippen LogP contribution in [0, 0.1) is 12.3 Å². The van der Waals surface area contributed by atoms with Crippen LogP contribution in [0.3, 0.4) is 0 Å². The lowest BCUT2D eigenvalue weighted by molar-refractivity contribution is 0.0956. The van der Waals surface area contributed by atoms with Crippen LogP contribution in [-0.2, 0) is 8.85 Å². The molecule has 2 nitrogen and oxygen atoms in total. The van der Waals surface area contributed by atoms with Gasteiger partial charge in [-0.3, -0.25) is 0 Å². The van der Waals surface area contributed by atoms with E-state index in [0.717, 1.165) is 5.57 Å². The van der Waals surface area contributed by atoms with E-state index in [-0.39, 0.29) is 22.3 Å². The zero-order chi connectivity index (χ0) is 19.8. The van der Waals surface area contributed by atoms with E-state index >= 15 is 0 Å². The molecule has 0 unspecified atom stereocenters. The van der Waals surface area contributed by atoms with Crippen LogP contribution in [0.2, 0.25) is 36.3 Å². The monoisotopic (exact) mass is 398 g/mol. The molecule has 0 spiro atoms. The Labute approximate surface area is 162 Å². The Balaban J connectivity index is 3.23. The molecule has 0 heterocycles. The average molecular weight is 399 g/mol. The number of halogens is 1. The molecule has 2 atom stereocenters. The predicted octanol–water partition coefficient (Wildman–Crippen LogP) is 6.46. The van der Waals surface area contributed by atoms with Gasteiger partial charge >= 0.3 is 0 Å². The maximum absolute atomic E-state index is 6.71. The lowest BCUT2D eigenvalue weighted by Gasteiger charge is -2.43. The first kappa shape index (κ1) is 22.7. The first-order valence-electron chi connectivity index (χ1n) is 8.93. The Bertz CT molecular complexity index is 599. The molecule has 142 valence electrons. The number of allylic oxidation sites excluding steroid dienone is 1. The Hall–Kier alpha value is -0.316. The molecule has 25 heavy (non-hydrogen) atoms. The molecule has 0 radical (unpaired) electrons. The lowest BCUT2D eigenvalue weighted by atomic mass is 10.1. The number of terminal acetylenes is 1. The zero-order valence-electron chi connectivity index (χ0n) is 17.6. The van der Waals surface area contributed by atoms with E-state index < -0.39 is 16.6 Å². The Morgan fingerprint density at radius 2 is 1.44 bits per heavy atom. The first-order valence-corrected chi connectivity index (χ1v) is 15.1. The maximum atomic E-state index is 6.71. The summed E-state index contributed by atoms with van der Waals surface area (Å²) >= 11 is 6.50. The third kappa shape index (κ3) is 5.11. The van der Waals surface area contributed by atoms with Crippen molar-refractivity contribution in [3.05, 3.63) is 22.8 Å². The van der Waals surface area contributed by atoms with Crippen molar-refractivity contribution in [2.75, 3.05) is 0 Å². The summed E-state index contributed by atoms with van der Waals surface area (Å²) in [5.74, 6) is 2.61. The minimum absolute atomic E-state index is 0.102. The molecule has 0 aromatic heterocycles.